The second kappa shape index (κ2) is 4.55. The summed E-state index contributed by atoms with van der Waals surface area (Å²) in [7, 11) is 0. The molecule has 2 nitrogen and oxygen atoms in total. The molecule has 0 saturated carbocycles. The van der Waals surface area contributed by atoms with Crippen LogP contribution in [0.1, 0.15) is 10.4 Å². The first-order valence-corrected chi connectivity index (χ1v) is 5.22. The summed E-state index contributed by atoms with van der Waals surface area (Å²) in [6.07, 6.45) is 0. The summed E-state index contributed by atoms with van der Waals surface area (Å²) in [6.45, 7) is 0. The lowest BCUT2D eigenvalue weighted by atomic mass is 10.0. The Labute approximate surface area is 102 Å². The zero-order valence-corrected chi connectivity index (χ0v) is 9.37. The SMILES string of the molecule is O=C([O-])c1cc(F)cc(-c2ccccc2Cl)c1. The second-order valence-electron chi connectivity index (χ2n) is 3.50. The monoisotopic (exact) mass is 249 g/mol. The molecular weight excluding hydrogens is 243 g/mol. The third kappa shape index (κ3) is 2.45. The van der Waals surface area contributed by atoms with Gasteiger partial charge in [-0.1, -0.05) is 29.8 Å². The standard InChI is InChI=1S/C13H8ClFO2/c14-12-4-2-1-3-11(12)8-5-9(13(16)17)7-10(15)6-8/h1-7H,(H,16,17)/p-1. The summed E-state index contributed by atoms with van der Waals surface area (Å²) >= 11 is 5.96. The van der Waals surface area contributed by atoms with Crippen molar-refractivity contribution in [2.45, 2.75) is 0 Å². The van der Waals surface area contributed by atoms with Gasteiger partial charge in [-0.15, -0.1) is 0 Å². The number of halogens is 2. The molecule has 0 bridgehead atoms. The summed E-state index contributed by atoms with van der Waals surface area (Å²) in [5, 5.41) is 11.1. The lowest BCUT2D eigenvalue weighted by Gasteiger charge is -2.08. The van der Waals surface area contributed by atoms with Crippen molar-refractivity contribution >= 4 is 17.6 Å². The van der Waals surface area contributed by atoms with Crippen LogP contribution in [0.5, 0.6) is 0 Å². The fourth-order valence-corrected chi connectivity index (χ4v) is 1.80. The maximum atomic E-state index is 13.3. The van der Waals surface area contributed by atoms with Gasteiger partial charge in [0.15, 0.2) is 0 Å². The van der Waals surface area contributed by atoms with Crippen molar-refractivity contribution in [1.82, 2.24) is 0 Å². The van der Waals surface area contributed by atoms with E-state index in [2.05, 4.69) is 0 Å². The zero-order chi connectivity index (χ0) is 12.4. The van der Waals surface area contributed by atoms with E-state index in [1.54, 1.807) is 24.3 Å². The molecule has 4 heteroatoms. The molecule has 2 rings (SSSR count). The number of rotatable bonds is 2. The third-order valence-corrected chi connectivity index (χ3v) is 2.65. The van der Waals surface area contributed by atoms with E-state index in [4.69, 9.17) is 11.6 Å². The second-order valence-corrected chi connectivity index (χ2v) is 3.90. The quantitative estimate of drug-likeness (QED) is 0.820. The minimum Gasteiger partial charge on any atom is -0.545 e. The Balaban J connectivity index is 2.60. The fourth-order valence-electron chi connectivity index (χ4n) is 1.56. The minimum absolute atomic E-state index is 0.208. The number of hydrogen-bond acceptors (Lipinski definition) is 2. The highest BCUT2D eigenvalue weighted by Gasteiger charge is 2.06. The van der Waals surface area contributed by atoms with Crippen LogP contribution < -0.4 is 5.11 Å². The normalized spacial score (nSPS) is 10.2. The van der Waals surface area contributed by atoms with Gasteiger partial charge in [-0.05, 0) is 29.8 Å². The van der Waals surface area contributed by atoms with Crippen LogP contribution in [0.15, 0.2) is 42.5 Å². The lowest BCUT2D eigenvalue weighted by molar-refractivity contribution is -0.255. The minimum atomic E-state index is -1.42. The molecule has 0 aliphatic carbocycles. The molecule has 17 heavy (non-hydrogen) atoms. The van der Waals surface area contributed by atoms with Crippen molar-refractivity contribution in [3.05, 3.63) is 58.9 Å². The van der Waals surface area contributed by atoms with Crippen LogP contribution in [-0.4, -0.2) is 5.97 Å². The topological polar surface area (TPSA) is 40.1 Å². The Bertz CT molecular complexity index is 581. The van der Waals surface area contributed by atoms with Crippen LogP contribution in [0, 0.1) is 5.82 Å². The van der Waals surface area contributed by atoms with Crippen LogP contribution in [-0.2, 0) is 0 Å². The van der Waals surface area contributed by atoms with Gasteiger partial charge in [0, 0.05) is 16.1 Å². The molecule has 0 N–H and O–H groups in total. The smallest absolute Gasteiger partial charge is 0.124 e. The highest BCUT2D eigenvalue weighted by molar-refractivity contribution is 6.33. The Kier molecular flexibility index (Phi) is 3.11. The Hall–Kier alpha value is -1.87. The van der Waals surface area contributed by atoms with Gasteiger partial charge in [0.25, 0.3) is 0 Å². The van der Waals surface area contributed by atoms with E-state index in [-0.39, 0.29) is 5.56 Å². The fraction of sp³-hybridized carbons (Fsp3) is 0. The van der Waals surface area contributed by atoms with Crippen molar-refractivity contribution < 1.29 is 14.3 Å². The van der Waals surface area contributed by atoms with E-state index >= 15 is 0 Å². The number of carbonyl (C=O) groups is 1. The molecule has 0 amide bonds. The average Bonchev–Trinajstić information content (AvgIpc) is 2.28. The van der Waals surface area contributed by atoms with Gasteiger partial charge in [-0.25, -0.2) is 4.39 Å². The zero-order valence-electron chi connectivity index (χ0n) is 8.61. The molecular formula is C13H7ClFO2-. The maximum absolute atomic E-state index is 13.3. The van der Waals surface area contributed by atoms with Crippen LogP contribution in [0.2, 0.25) is 5.02 Å². The maximum Gasteiger partial charge on any atom is 0.124 e. The van der Waals surface area contributed by atoms with Gasteiger partial charge >= 0.3 is 0 Å². The van der Waals surface area contributed by atoms with Crippen LogP contribution in [0.3, 0.4) is 0 Å². The molecule has 0 heterocycles. The van der Waals surface area contributed by atoms with E-state index in [0.717, 1.165) is 6.07 Å². The summed E-state index contributed by atoms with van der Waals surface area (Å²) in [5.74, 6) is -2.06. The largest absolute Gasteiger partial charge is 0.545 e. The van der Waals surface area contributed by atoms with E-state index in [1.807, 2.05) is 0 Å². The molecule has 0 atom stereocenters. The van der Waals surface area contributed by atoms with Crippen molar-refractivity contribution in [1.29, 1.82) is 0 Å². The molecule has 0 fully saturated rings. The average molecular weight is 250 g/mol. The molecule has 2 aromatic rings. The molecule has 0 unspecified atom stereocenters. The molecule has 2 aromatic carbocycles. The molecule has 0 saturated heterocycles. The Morgan fingerprint density at radius 2 is 1.88 bits per heavy atom. The van der Waals surface area contributed by atoms with Gasteiger partial charge in [-0.2, -0.15) is 0 Å². The van der Waals surface area contributed by atoms with Crippen molar-refractivity contribution in [3.63, 3.8) is 0 Å². The first kappa shape index (κ1) is 11.6. The number of hydrogen-bond donors (Lipinski definition) is 0. The molecule has 0 aromatic heterocycles. The summed E-state index contributed by atoms with van der Waals surface area (Å²) in [5.41, 5.74) is 0.783. The van der Waals surface area contributed by atoms with E-state index in [0.29, 0.717) is 16.1 Å². The number of carboxylic acid groups (broad SMARTS) is 1. The van der Waals surface area contributed by atoms with Gasteiger partial charge in [0.05, 0.1) is 5.97 Å². The van der Waals surface area contributed by atoms with Gasteiger partial charge in [-0.3, -0.25) is 0 Å². The molecule has 0 aliphatic rings. The highest BCUT2D eigenvalue weighted by Crippen LogP contribution is 2.28. The number of carboxylic acids is 1. The molecule has 0 radical (unpaired) electrons. The Morgan fingerprint density at radius 3 is 2.53 bits per heavy atom. The number of benzene rings is 2. The predicted molar refractivity (Wildman–Crippen MR) is 61.2 cm³/mol. The van der Waals surface area contributed by atoms with E-state index < -0.39 is 11.8 Å². The van der Waals surface area contributed by atoms with Gasteiger partial charge < -0.3 is 9.90 Å². The first-order chi connectivity index (χ1) is 8.08. The van der Waals surface area contributed by atoms with Crippen molar-refractivity contribution in [2.75, 3.05) is 0 Å². The predicted octanol–water partition coefficient (Wildman–Crippen LogP) is 2.51. The summed E-state index contributed by atoms with van der Waals surface area (Å²) < 4.78 is 13.3. The van der Waals surface area contributed by atoms with Gasteiger partial charge in [0.1, 0.15) is 5.82 Å². The van der Waals surface area contributed by atoms with E-state index in [1.165, 1.54) is 12.1 Å². The van der Waals surface area contributed by atoms with Crippen molar-refractivity contribution in [3.8, 4) is 11.1 Å². The first-order valence-electron chi connectivity index (χ1n) is 4.85. The molecule has 0 spiro atoms. The third-order valence-electron chi connectivity index (χ3n) is 2.32. The summed E-state index contributed by atoms with van der Waals surface area (Å²) in [4.78, 5) is 10.7. The molecule has 0 aliphatic heterocycles. The summed E-state index contributed by atoms with van der Waals surface area (Å²) in [6, 6.07) is 10.3. The van der Waals surface area contributed by atoms with Crippen LogP contribution in [0.4, 0.5) is 4.39 Å². The Morgan fingerprint density at radius 1 is 1.18 bits per heavy atom. The van der Waals surface area contributed by atoms with Crippen molar-refractivity contribution in [2.24, 2.45) is 0 Å². The van der Waals surface area contributed by atoms with Crippen LogP contribution in [0.25, 0.3) is 11.1 Å². The lowest BCUT2D eigenvalue weighted by Crippen LogP contribution is -2.22. The van der Waals surface area contributed by atoms with E-state index in [9.17, 15) is 14.3 Å². The number of aromatic carboxylic acids is 1. The van der Waals surface area contributed by atoms with Crippen LogP contribution >= 0.6 is 11.6 Å². The number of carbonyl (C=O) groups excluding carboxylic acids is 1. The molecule has 86 valence electrons. The van der Waals surface area contributed by atoms with Gasteiger partial charge in [0.2, 0.25) is 0 Å². The highest BCUT2D eigenvalue weighted by atomic mass is 35.5.